The van der Waals surface area contributed by atoms with Crippen molar-refractivity contribution >= 4 is 5.69 Å². The van der Waals surface area contributed by atoms with Gasteiger partial charge < -0.3 is 10.5 Å². The maximum atomic E-state index is 5.84. The average Bonchev–Trinajstić information content (AvgIpc) is 2.67. The van der Waals surface area contributed by atoms with E-state index in [1.807, 2.05) is 25.2 Å². The van der Waals surface area contributed by atoms with Crippen LogP contribution in [-0.4, -0.2) is 9.78 Å². The van der Waals surface area contributed by atoms with Crippen LogP contribution in [0, 0.1) is 0 Å². The van der Waals surface area contributed by atoms with E-state index in [9.17, 15) is 0 Å². The fourth-order valence-corrected chi connectivity index (χ4v) is 1.87. The quantitative estimate of drug-likeness (QED) is 0.899. The third-order valence-electron chi connectivity index (χ3n) is 3.09. The first-order chi connectivity index (χ1) is 8.61. The van der Waals surface area contributed by atoms with Crippen molar-refractivity contribution in [2.75, 3.05) is 5.73 Å². The van der Waals surface area contributed by atoms with Crippen LogP contribution in [0.1, 0.15) is 31.7 Å². The Balaban J connectivity index is 2.31. The molecule has 0 saturated heterocycles. The van der Waals surface area contributed by atoms with Gasteiger partial charge in [-0.1, -0.05) is 32.0 Å². The van der Waals surface area contributed by atoms with Crippen molar-refractivity contribution in [1.82, 2.24) is 9.78 Å². The molecule has 1 heterocycles. The molecule has 1 unspecified atom stereocenters. The van der Waals surface area contributed by atoms with E-state index >= 15 is 0 Å². The molecule has 4 heteroatoms. The third-order valence-corrected chi connectivity index (χ3v) is 3.09. The summed E-state index contributed by atoms with van der Waals surface area (Å²) in [6.07, 6.45) is 2.80. The molecule has 0 aliphatic heterocycles. The Labute approximate surface area is 107 Å². The predicted octanol–water partition coefficient (Wildman–Crippen LogP) is 3.31. The highest BCUT2D eigenvalue weighted by Gasteiger charge is 2.13. The van der Waals surface area contributed by atoms with Gasteiger partial charge in [-0.05, 0) is 24.0 Å². The molecule has 0 radical (unpaired) electrons. The maximum absolute atomic E-state index is 5.84. The first-order valence-corrected chi connectivity index (χ1v) is 6.17. The number of para-hydroxylation sites is 1. The molecule has 1 aromatic carbocycles. The number of aryl methyl sites for hydroxylation is 1. The average molecular weight is 245 g/mol. The number of ether oxygens (including phenoxy) is 1. The van der Waals surface area contributed by atoms with Crippen molar-refractivity contribution in [3.8, 4) is 11.6 Å². The second kappa shape index (κ2) is 5.12. The molecule has 0 spiro atoms. The zero-order valence-corrected chi connectivity index (χ0v) is 11.1. The molecule has 4 nitrogen and oxygen atoms in total. The Morgan fingerprint density at radius 2 is 2.11 bits per heavy atom. The molecule has 0 amide bonds. The van der Waals surface area contributed by atoms with E-state index in [1.54, 1.807) is 10.9 Å². The first-order valence-electron chi connectivity index (χ1n) is 6.17. The summed E-state index contributed by atoms with van der Waals surface area (Å²) in [5.74, 6) is 1.75. The number of aromatic nitrogens is 2. The molecular weight excluding hydrogens is 226 g/mol. The van der Waals surface area contributed by atoms with E-state index in [1.165, 1.54) is 5.56 Å². The van der Waals surface area contributed by atoms with E-state index in [0.29, 0.717) is 17.5 Å². The largest absolute Gasteiger partial charge is 0.436 e. The first kappa shape index (κ1) is 12.5. The number of nitrogen functional groups attached to an aromatic ring is 1. The Morgan fingerprint density at radius 1 is 1.39 bits per heavy atom. The van der Waals surface area contributed by atoms with Crippen LogP contribution in [0.3, 0.4) is 0 Å². The van der Waals surface area contributed by atoms with Crippen molar-refractivity contribution in [3.63, 3.8) is 0 Å². The lowest BCUT2D eigenvalue weighted by atomic mass is 9.98. The van der Waals surface area contributed by atoms with Gasteiger partial charge in [0.25, 0.3) is 5.88 Å². The fraction of sp³-hybridized carbons (Fsp3) is 0.357. The lowest BCUT2D eigenvalue weighted by molar-refractivity contribution is 0.446. The Kier molecular flexibility index (Phi) is 3.55. The zero-order valence-electron chi connectivity index (χ0n) is 11.1. The third kappa shape index (κ3) is 2.47. The predicted molar refractivity (Wildman–Crippen MR) is 72.8 cm³/mol. The van der Waals surface area contributed by atoms with Gasteiger partial charge in [0, 0.05) is 7.05 Å². The van der Waals surface area contributed by atoms with Gasteiger partial charge in [-0.25, -0.2) is 0 Å². The maximum Gasteiger partial charge on any atom is 0.261 e. The zero-order chi connectivity index (χ0) is 13.1. The summed E-state index contributed by atoms with van der Waals surface area (Å²) >= 11 is 0. The van der Waals surface area contributed by atoms with Crippen LogP contribution < -0.4 is 10.5 Å². The molecule has 0 aliphatic carbocycles. The van der Waals surface area contributed by atoms with Crippen LogP contribution >= 0.6 is 0 Å². The molecule has 18 heavy (non-hydrogen) atoms. The highest BCUT2D eigenvalue weighted by atomic mass is 16.5. The molecule has 2 aromatic rings. The monoisotopic (exact) mass is 245 g/mol. The second-order valence-corrected chi connectivity index (χ2v) is 4.51. The Bertz CT molecular complexity index is 534. The number of rotatable bonds is 4. The summed E-state index contributed by atoms with van der Waals surface area (Å²) in [5.41, 5.74) is 7.58. The fourth-order valence-electron chi connectivity index (χ4n) is 1.87. The second-order valence-electron chi connectivity index (χ2n) is 4.51. The summed E-state index contributed by atoms with van der Waals surface area (Å²) < 4.78 is 7.48. The van der Waals surface area contributed by atoms with Crippen LogP contribution in [-0.2, 0) is 7.05 Å². The summed E-state index contributed by atoms with van der Waals surface area (Å²) in [4.78, 5) is 0. The lowest BCUT2D eigenvalue weighted by Crippen LogP contribution is -1.97. The van der Waals surface area contributed by atoms with E-state index in [-0.39, 0.29) is 0 Å². The van der Waals surface area contributed by atoms with Gasteiger partial charge in [0.1, 0.15) is 11.4 Å². The van der Waals surface area contributed by atoms with E-state index < -0.39 is 0 Å². The summed E-state index contributed by atoms with van der Waals surface area (Å²) in [5, 5.41) is 4.20. The molecular formula is C14H19N3O. The van der Waals surface area contributed by atoms with Crippen LogP contribution in [0.4, 0.5) is 5.69 Å². The van der Waals surface area contributed by atoms with Crippen molar-refractivity contribution in [2.24, 2.45) is 7.05 Å². The van der Waals surface area contributed by atoms with Gasteiger partial charge in [0.05, 0.1) is 6.20 Å². The SMILES string of the molecule is CCC(C)c1ccccc1Oc1nn(C)cc1N. The van der Waals surface area contributed by atoms with Crippen LogP contribution in [0.5, 0.6) is 11.6 Å². The van der Waals surface area contributed by atoms with E-state index in [4.69, 9.17) is 10.5 Å². The molecule has 1 aromatic heterocycles. The summed E-state index contributed by atoms with van der Waals surface area (Å²) in [6, 6.07) is 8.02. The number of hydrogen-bond acceptors (Lipinski definition) is 3. The van der Waals surface area contributed by atoms with Gasteiger partial charge in [-0.2, -0.15) is 0 Å². The minimum Gasteiger partial charge on any atom is -0.436 e. The van der Waals surface area contributed by atoms with Crippen molar-refractivity contribution < 1.29 is 4.74 Å². The van der Waals surface area contributed by atoms with Gasteiger partial charge >= 0.3 is 0 Å². The van der Waals surface area contributed by atoms with Crippen molar-refractivity contribution in [1.29, 1.82) is 0 Å². The van der Waals surface area contributed by atoms with Crippen molar-refractivity contribution in [2.45, 2.75) is 26.2 Å². The Morgan fingerprint density at radius 3 is 2.72 bits per heavy atom. The molecule has 0 bridgehead atoms. The smallest absolute Gasteiger partial charge is 0.261 e. The van der Waals surface area contributed by atoms with E-state index in [0.717, 1.165) is 12.2 Å². The number of nitrogens with two attached hydrogens (primary N) is 1. The molecule has 0 aliphatic rings. The standard InChI is InChI=1S/C14H19N3O/c1-4-10(2)11-7-5-6-8-13(11)18-14-12(15)9-17(3)16-14/h5-10H,4,15H2,1-3H3. The number of benzene rings is 1. The molecule has 1 atom stereocenters. The van der Waals surface area contributed by atoms with Crippen LogP contribution in [0.15, 0.2) is 30.5 Å². The lowest BCUT2D eigenvalue weighted by Gasteiger charge is -2.14. The van der Waals surface area contributed by atoms with Gasteiger partial charge in [0.2, 0.25) is 0 Å². The number of anilines is 1. The number of nitrogens with zero attached hydrogens (tertiary/aromatic N) is 2. The summed E-state index contributed by atoms with van der Waals surface area (Å²) in [7, 11) is 1.82. The van der Waals surface area contributed by atoms with Gasteiger partial charge in [0.15, 0.2) is 0 Å². The Hall–Kier alpha value is -1.97. The highest BCUT2D eigenvalue weighted by molar-refractivity contribution is 5.49. The molecule has 2 N–H and O–H groups in total. The minimum atomic E-state index is 0.450. The van der Waals surface area contributed by atoms with Gasteiger partial charge in [-0.15, -0.1) is 5.10 Å². The normalized spacial score (nSPS) is 12.4. The molecule has 0 saturated carbocycles. The molecule has 0 fully saturated rings. The summed E-state index contributed by atoms with van der Waals surface area (Å²) in [6.45, 7) is 4.35. The van der Waals surface area contributed by atoms with Crippen LogP contribution in [0.25, 0.3) is 0 Å². The minimum absolute atomic E-state index is 0.450. The highest BCUT2D eigenvalue weighted by Crippen LogP contribution is 2.33. The van der Waals surface area contributed by atoms with Crippen LogP contribution in [0.2, 0.25) is 0 Å². The van der Waals surface area contributed by atoms with Gasteiger partial charge in [-0.3, -0.25) is 4.68 Å². The topological polar surface area (TPSA) is 53.1 Å². The molecule has 2 rings (SSSR count). The van der Waals surface area contributed by atoms with E-state index in [2.05, 4.69) is 25.0 Å². The molecule has 96 valence electrons. The van der Waals surface area contributed by atoms with Crippen molar-refractivity contribution in [3.05, 3.63) is 36.0 Å². The number of hydrogen-bond donors (Lipinski definition) is 1.